The van der Waals surface area contributed by atoms with Gasteiger partial charge in [-0.3, -0.25) is 9.59 Å². The number of amides is 3. The third-order valence-electron chi connectivity index (χ3n) is 6.22. The van der Waals surface area contributed by atoms with Gasteiger partial charge in [-0.1, -0.05) is 44.9 Å². The van der Waals surface area contributed by atoms with Gasteiger partial charge in [0.1, 0.15) is 23.4 Å². The molecule has 8 nitrogen and oxygen atoms in total. The highest BCUT2D eigenvalue weighted by Gasteiger charge is 2.40. The molecule has 2 rings (SSSR count). The van der Waals surface area contributed by atoms with Crippen molar-refractivity contribution >= 4 is 23.6 Å². The molecule has 0 saturated heterocycles. The second-order valence-electron chi connectivity index (χ2n) is 10.7. The van der Waals surface area contributed by atoms with Crippen molar-refractivity contribution in [2.24, 2.45) is 5.92 Å². The normalized spacial score (nSPS) is 13.4. The Morgan fingerprint density at radius 1 is 1.03 bits per heavy atom. The molecule has 2 aromatic carbocycles. The molecule has 0 aliphatic carbocycles. The van der Waals surface area contributed by atoms with Crippen LogP contribution in [0.4, 0.5) is 10.5 Å². The van der Waals surface area contributed by atoms with Crippen molar-refractivity contribution in [3.05, 3.63) is 59.7 Å². The summed E-state index contributed by atoms with van der Waals surface area (Å²) in [6, 6.07) is 11.6. The Bertz CT molecular complexity index is 1180. The Morgan fingerprint density at radius 2 is 1.64 bits per heavy atom. The van der Waals surface area contributed by atoms with E-state index in [1.54, 1.807) is 76.4 Å². The van der Waals surface area contributed by atoms with E-state index in [0.29, 0.717) is 29.0 Å². The minimum atomic E-state index is -1.07. The van der Waals surface area contributed by atoms with E-state index in [0.717, 1.165) is 0 Å². The molecule has 3 unspecified atom stereocenters. The number of rotatable bonds is 10. The topological polar surface area (TPSA) is 97.0 Å². The highest BCUT2D eigenvalue weighted by molar-refractivity contribution is 5.99. The molecule has 2 N–H and O–H groups in total. The molecule has 3 amide bonds. The molecule has 210 valence electrons. The van der Waals surface area contributed by atoms with Crippen LogP contribution in [0.25, 0.3) is 0 Å². The Hall–Kier alpha value is -3.99. The van der Waals surface area contributed by atoms with Crippen LogP contribution in [0.2, 0.25) is 0 Å². The average molecular weight is 536 g/mol. The smallest absolute Gasteiger partial charge is 0.408 e. The van der Waals surface area contributed by atoms with Crippen LogP contribution in [0.5, 0.6) is 5.75 Å². The first-order chi connectivity index (χ1) is 18.3. The van der Waals surface area contributed by atoms with Crippen LogP contribution in [-0.2, 0) is 14.3 Å². The summed E-state index contributed by atoms with van der Waals surface area (Å²) in [5.74, 6) is 2.16. The molecule has 0 aliphatic rings. The van der Waals surface area contributed by atoms with E-state index in [9.17, 15) is 14.4 Å². The number of carbonyl (C=O) groups excluding carboxylic acids is 3. The zero-order valence-corrected chi connectivity index (χ0v) is 24.2. The number of alkyl carbamates (subject to hydrolysis) is 1. The lowest BCUT2D eigenvalue weighted by atomic mass is 9.94. The van der Waals surface area contributed by atoms with Gasteiger partial charge in [0.05, 0.1) is 7.11 Å². The maximum Gasteiger partial charge on any atom is 0.408 e. The predicted molar refractivity (Wildman–Crippen MR) is 153 cm³/mol. The minimum absolute atomic E-state index is 0.287. The second-order valence-corrected chi connectivity index (χ2v) is 10.7. The highest BCUT2D eigenvalue weighted by atomic mass is 16.6. The van der Waals surface area contributed by atoms with Gasteiger partial charge in [0.25, 0.3) is 5.91 Å². The van der Waals surface area contributed by atoms with E-state index in [1.165, 1.54) is 4.90 Å². The van der Waals surface area contributed by atoms with Gasteiger partial charge < -0.3 is 25.0 Å². The first kappa shape index (κ1) is 31.2. The van der Waals surface area contributed by atoms with Crippen molar-refractivity contribution in [2.45, 2.75) is 78.6 Å². The van der Waals surface area contributed by atoms with Crippen molar-refractivity contribution in [1.82, 2.24) is 10.2 Å². The number of benzene rings is 2. The number of methoxy groups -OCH3 is 1. The fraction of sp³-hybridized carbons (Fsp3) is 0.452. The first-order valence-electron chi connectivity index (χ1n) is 13.1. The van der Waals surface area contributed by atoms with Crippen molar-refractivity contribution < 1.29 is 23.9 Å². The average Bonchev–Trinajstić information content (AvgIpc) is 2.88. The zero-order valence-electron chi connectivity index (χ0n) is 24.2. The van der Waals surface area contributed by atoms with E-state index < -0.39 is 35.6 Å². The van der Waals surface area contributed by atoms with Crippen molar-refractivity contribution in [3.8, 4) is 18.1 Å². The molecule has 0 aromatic heterocycles. The Labute approximate surface area is 232 Å². The minimum Gasteiger partial charge on any atom is -0.497 e. The Morgan fingerprint density at radius 3 is 2.15 bits per heavy atom. The number of hydrogen-bond acceptors (Lipinski definition) is 5. The molecular weight excluding hydrogens is 494 g/mol. The summed E-state index contributed by atoms with van der Waals surface area (Å²) in [5, 5.41) is 5.66. The number of anilines is 1. The standard InChI is InChI=1S/C31H41N3O5/c1-10-21(5)34(29(36)26(20(3)4)33-30(37)39-31(6,7)8)27(25-15-13-12-14-22(25)11-2)28(35)32-23-16-18-24(38-9)19-17-23/h2,12-21,26-27H,10H2,1,3-9H3,(H,32,35)(H,33,37). The predicted octanol–water partition coefficient (Wildman–Crippen LogP) is 5.53. The second kappa shape index (κ2) is 13.7. The van der Waals surface area contributed by atoms with Crippen molar-refractivity contribution in [1.29, 1.82) is 0 Å². The van der Waals surface area contributed by atoms with Gasteiger partial charge in [0, 0.05) is 17.3 Å². The maximum atomic E-state index is 14.2. The van der Waals surface area contributed by atoms with Crippen LogP contribution in [0.3, 0.4) is 0 Å². The van der Waals surface area contributed by atoms with Crippen LogP contribution in [0.1, 0.15) is 72.1 Å². The number of terminal acetylenes is 1. The molecule has 8 heteroatoms. The lowest BCUT2D eigenvalue weighted by Crippen LogP contribution is -2.56. The summed E-state index contributed by atoms with van der Waals surface area (Å²) in [7, 11) is 1.56. The SMILES string of the molecule is C#Cc1ccccc1C(C(=O)Nc1ccc(OC)cc1)N(C(=O)C(NC(=O)OC(C)(C)C)C(C)C)C(C)CC. The molecule has 0 radical (unpaired) electrons. The third-order valence-corrected chi connectivity index (χ3v) is 6.22. The van der Waals surface area contributed by atoms with Crippen LogP contribution in [-0.4, -0.2) is 47.6 Å². The number of hydrogen-bond donors (Lipinski definition) is 2. The van der Waals surface area contributed by atoms with E-state index in [4.69, 9.17) is 15.9 Å². The van der Waals surface area contributed by atoms with Crippen LogP contribution >= 0.6 is 0 Å². The van der Waals surface area contributed by atoms with Crippen molar-refractivity contribution in [3.63, 3.8) is 0 Å². The summed E-state index contributed by atoms with van der Waals surface area (Å²) in [4.78, 5) is 42.4. The highest BCUT2D eigenvalue weighted by Crippen LogP contribution is 2.30. The number of nitrogens with zero attached hydrogens (tertiary/aromatic N) is 1. The van der Waals surface area contributed by atoms with E-state index in [1.807, 2.05) is 27.7 Å². The molecule has 0 spiro atoms. The summed E-state index contributed by atoms with van der Waals surface area (Å²) in [5.41, 5.74) is 0.805. The number of ether oxygens (including phenoxy) is 2. The van der Waals surface area contributed by atoms with Gasteiger partial charge >= 0.3 is 6.09 Å². The van der Waals surface area contributed by atoms with Crippen LogP contribution in [0, 0.1) is 18.3 Å². The monoisotopic (exact) mass is 535 g/mol. The largest absolute Gasteiger partial charge is 0.497 e. The molecule has 0 saturated carbocycles. The van der Waals surface area contributed by atoms with Gasteiger partial charge in [-0.05, 0) is 75.9 Å². The first-order valence-corrected chi connectivity index (χ1v) is 13.1. The summed E-state index contributed by atoms with van der Waals surface area (Å²) < 4.78 is 10.6. The van der Waals surface area contributed by atoms with E-state index in [-0.39, 0.29) is 12.0 Å². The quantitative estimate of drug-likeness (QED) is 0.390. The van der Waals surface area contributed by atoms with Crippen LogP contribution < -0.4 is 15.4 Å². The molecule has 0 heterocycles. The summed E-state index contributed by atoms with van der Waals surface area (Å²) in [6.45, 7) is 12.7. The fourth-order valence-electron chi connectivity index (χ4n) is 4.07. The Balaban J connectivity index is 2.60. The van der Waals surface area contributed by atoms with Crippen LogP contribution in [0.15, 0.2) is 48.5 Å². The van der Waals surface area contributed by atoms with Gasteiger partial charge in [0.2, 0.25) is 5.91 Å². The maximum absolute atomic E-state index is 14.2. The Kier molecular flexibility index (Phi) is 11.0. The van der Waals surface area contributed by atoms with Gasteiger partial charge in [0.15, 0.2) is 0 Å². The van der Waals surface area contributed by atoms with Crippen molar-refractivity contribution in [2.75, 3.05) is 12.4 Å². The van der Waals surface area contributed by atoms with E-state index >= 15 is 0 Å². The molecule has 0 fully saturated rings. The molecule has 3 atom stereocenters. The van der Waals surface area contributed by atoms with Gasteiger partial charge in [-0.2, -0.15) is 0 Å². The van der Waals surface area contributed by atoms with E-state index in [2.05, 4.69) is 16.6 Å². The third kappa shape index (κ3) is 8.51. The van der Waals surface area contributed by atoms with Gasteiger partial charge in [-0.25, -0.2) is 4.79 Å². The molecular formula is C31H41N3O5. The fourth-order valence-corrected chi connectivity index (χ4v) is 4.07. The lowest BCUT2D eigenvalue weighted by Gasteiger charge is -2.39. The number of nitrogens with one attached hydrogen (secondary N) is 2. The molecule has 0 aliphatic heterocycles. The molecule has 0 bridgehead atoms. The lowest BCUT2D eigenvalue weighted by molar-refractivity contribution is -0.144. The summed E-state index contributed by atoms with van der Waals surface area (Å²) >= 11 is 0. The molecule has 39 heavy (non-hydrogen) atoms. The van der Waals surface area contributed by atoms with Gasteiger partial charge in [-0.15, -0.1) is 6.42 Å². The molecule has 2 aromatic rings. The summed E-state index contributed by atoms with van der Waals surface area (Å²) in [6.07, 6.45) is 5.67. The zero-order chi connectivity index (χ0) is 29.3. The number of carbonyl (C=O) groups is 3.